The summed E-state index contributed by atoms with van der Waals surface area (Å²) in [6.45, 7) is 4.02. The number of hydrogen-bond acceptors (Lipinski definition) is 7. The van der Waals surface area contributed by atoms with Gasteiger partial charge in [0, 0.05) is 10.9 Å². The van der Waals surface area contributed by atoms with Crippen LogP contribution in [0.15, 0.2) is 40.3 Å². The van der Waals surface area contributed by atoms with Crippen molar-refractivity contribution in [1.29, 1.82) is 0 Å². The molecule has 1 amide bonds. The molecule has 4 rings (SSSR count). The largest absolute Gasteiger partial charge is 0.343 e. The topological polar surface area (TPSA) is 98.7 Å². The fraction of sp³-hybridized carbons (Fsp3) is 0.421. The summed E-state index contributed by atoms with van der Waals surface area (Å²) in [5.41, 5.74) is 0.837. The van der Waals surface area contributed by atoms with Crippen LogP contribution in [0, 0.1) is 5.92 Å². The van der Waals surface area contributed by atoms with Gasteiger partial charge in [-0.25, -0.2) is 0 Å². The summed E-state index contributed by atoms with van der Waals surface area (Å²) < 4.78 is 7.20. The highest BCUT2D eigenvalue weighted by atomic mass is 35.5. The fourth-order valence-corrected chi connectivity index (χ4v) is 3.79. The molecule has 2 aromatic heterocycles. The zero-order chi connectivity index (χ0) is 20.4. The number of carbonyl (C=O) groups is 1. The molecule has 1 saturated carbocycles. The number of amides is 1. The number of thioether (sulfide) groups is 1. The van der Waals surface area contributed by atoms with Crippen LogP contribution in [0.4, 0.5) is 0 Å². The van der Waals surface area contributed by atoms with Crippen LogP contribution < -0.4 is 5.32 Å². The van der Waals surface area contributed by atoms with E-state index in [1.165, 1.54) is 11.8 Å². The van der Waals surface area contributed by atoms with Crippen molar-refractivity contribution < 1.29 is 9.32 Å². The van der Waals surface area contributed by atoms with E-state index in [9.17, 15) is 4.79 Å². The molecule has 1 fully saturated rings. The number of nitrogens with one attached hydrogen (secondary N) is 1. The molecule has 3 aromatic rings. The second kappa shape index (κ2) is 8.54. The van der Waals surface area contributed by atoms with E-state index in [-0.39, 0.29) is 23.6 Å². The van der Waals surface area contributed by atoms with E-state index < -0.39 is 0 Å². The van der Waals surface area contributed by atoms with Gasteiger partial charge in [0.25, 0.3) is 0 Å². The number of halogens is 1. The molecule has 0 spiro atoms. The minimum absolute atomic E-state index is 0.117. The number of aromatic nitrogens is 5. The first-order chi connectivity index (χ1) is 14.0. The third kappa shape index (κ3) is 4.79. The van der Waals surface area contributed by atoms with Gasteiger partial charge in [-0.1, -0.05) is 48.4 Å². The number of rotatable bonds is 8. The third-order valence-electron chi connectivity index (χ3n) is 4.58. The Balaban J connectivity index is 1.40. The van der Waals surface area contributed by atoms with Gasteiger partial charge in [0.15, 0.2) is 11.0 Å². The lowest BCUT2D eigenvalue weighted by atomic mass is 10.0. The molecular weight excluding hydrogens is 412 g/mol. The summed E-state index contributed by atoms with van der Waals surface area (Å²) in [4.78, 5) is 17.1. The predicted octanol–water partition coefficient (Wildman–Crippen LogP) is 3.79. The van der Waals surface area contributed by atoms with Gasteiger partial charge in [0.2, 0.25) is 11.8 Å². The number of carbonyl (C=O) groups excluding carboxylic acids is 1. The molecule has 8 nitrogen and oxygen atoms in total. The highest BCUT2D eigenvalue weighted by Gasteiger charge is 2.31. The lowest BCUT2D eigenvalue weighted by Crippen LogP contribution is -2.33. The van der Waals surface area contributed by atoms with Crippen LogP contribution in [-0.2, 0) is 4.79 Å². The standard InChI is InChI=1S/C19H21ClN6O2S/c1-11(2)16(18-23-17(25-28-18)12-6-7-12)22-15(27)9-29-19-24-21-10-26(19)14-5-3-4-13(20)8-14/h3-5,8,10-12,16H,6-7,9H2,1-2H3,(H,22,27). The molecule has 29 heavy (non-hydrogen) atoms. The maximum atomic E-state index is 12.6. The molecule has 1 aliphatic carbocycles. The molecule has 1 N–H and O–H groups in total. The van der Waals surface area contributed by atoms with Crippen molar-refractivity contribution in [3.05, 3.63) is 47.3 Å². The maximum Gasteiger partial charge on any atom is 0.249 e. The smallest absolute Gasteiger partial charge is 0.249 e. The van der Waals surface area contributed by atoms with Crippen LogP contribution in [0.1, 0.15) is 50.4 Å². The Kier molecular flexibility index (Phi) is 5.86. The van der Waals surface area contributed by atoms with Gasteiger partial charge in [-0.2, -0.15) is 4.98 Å². The molecule has 1 aliphatic rings. The van der Waals surface area contributed by atoms with Crippen LogP contribution >= 0.6 is 23.4 Å². The Morgan fingerprint density at radius 1 is 1.41 bits per heavy atom. The van der Waals surface area contributed by atoms with E-state index in [4.69, 9.17) is 16.1 Å². The van der Waals surface area contributed by atoms with E-state index in [1.54, 1.807) is 17.0 Å². The van der Waals surface area contributed by atoms with Gasteiger partial charge >= 0.3 is 0 Å². The van der Waals surface area contributed by atoms with Gasteiger partial charge in [0.05, 0.1) is 11.4 Å². The molecule has 1 atom stereocenters. The summed E-state index contributed by atoms with van der Waals surface area (Å²) in [6, 6.07) is 7.05. The van der Waals surface area contributed by atoms with Crippen molar-refractivity contribution in [1.82, 2.24) is 30.2 Å². The van der Waals surface area contributed by atoms with Gasteiger partial charge in [-0.3, -0.25) is 9.36 Å². The van der Waals surface area contributed by atoms with Gasteiger partial charge in [0.1, 0.15) is 12.4 Å². The Morgan fingerprint density at radius 2 is 2.24 bits per heavy atom. The zero-order valence-electron chi connectivity index (χ0n) is 16.1. The van der Waals surface area contributed by atoms with Crippen LogP contribution in [0.25, 0.3) is 5.69 Å². The van der Waals surface area contributed by atoms with Crippen molar-refractivity contribution >= 4 is 29.3 Å². The molecule has 1 unspecified atom stereocenters. The van der Waals surface area contributed by atoms with Crippen molar-refractivity contribution in [2.75, 3.05) is 5.75 Å². The molecule has 1 aromatic carbocycles. The van der Waals surface area contributed by atoms with Crippen molar-refractivity contribution in [2.24, 2.45) is 5.92 Å². The van der Waals surface area contributed by atoms with Gasteiger partial charge in [-0.05, 0) is 37.0 Å². The van der Waals surface area contributed by atoms with Crippen LogP contribution in [0.3, 0.4) is 0 Å². The lowest BCUT2D eigenvalue weighted by molar-refractivity contribution is -0.119. The molecule has 10 heteroatoms. The number of nitrogens with zero attached hydrogens (tertiary/aromatic N) is 5. The summed E-state index contributed by atoms with van der Waals surface area (Å²) in [6.07, 6.45) is 3.80. The molecule has 152 valence electrons. The van der Waals surface area contributed by atoms with Crippen molar-refractivity contribution in [2.45, 2.75) is 43.8 Å². The fourth-order valence-electron chi connectivity index (χ4n) is 2.87. The van der Waals surface area contributed by atoms with Crippen LogP contribution in [-0.4, -0.2) is 36.6 Å². The summed E-state index contributed by atoms with van der Waals surface area (Å²) >= 11 is 7.37. The van der Waals surface area contributed by atoms with Crippen LogP contribution in [0.2, 0.25) is 5.02 Å². The summed E-state index contributed by atoms with van der Waals surface area (Å²) in [7, 11) is 0. The lowest BCUT2D eigenvalue weighted by Gasteiger charge is -2.18. The molecular formula is C19H21ClN6O2S. The quantitative estimate of drug-likeness (QED) is 0.540. The van der Waals surface area contributed by atoms with Crippen LogP contribution in [0.5, 0.6) is 0 Å². The third-order valence-corrected chi connectivity index (χ3v) is 5.76. The summed E-state index contributed by atoms with van der Waals surface area (Å²) in [5.74, 6) is 1.77. The molecule has 0 bridgehead atoms. The average molecular weight is 433 g/mol. The van der Waals surface area contributed by atoms with E-state index in [2.05, 4.69) is 25.7 Å². The second-order valence-corrected chi connectivity index (χ2v) is 8.69. The average Bonchev–Trinajstić information content (AvgIpc) is 3.24. The summed E-state index contributed by atoms with van der Waals surface area (Å²) in [5, 5.41) is 16.3. The number of hydrogen-bond donors (Lipinski definition) is 1. The predicted molar refractivity (Wildman–Crippen MR) is 109 cm³/mol. The van der Waals surface area contributed by atoms with E-state index in [1.807, 2.05) is 32.0 Å². The Morgan fingerprint density at radius 3 is 2.97 bits per heavy atom. The SMILES string of the molecule is CC(C)C(NC(=O)CSc1nncn1-c1cccc(Cl)c1)c1nc(C2CC2)no1. The first kappa shape index (κ1) is 19.9. The van der Waals surface area contributed by atoms with Gasteiger partial charge in [-0.15, -0.1) is 10.2 Å². The molecule has 0 radical (unpaired) electrons. The zero-order valence-corrected chi connectivity index (χ0v) is 17.7. The first-order valence-corrected chi connectivity index (χ1v) is 10.8. The normalized spacial score (nSPS) is 14.9. The molecule has 0 aliphatic heterocycles. The maximum absolute atomic E-state index is 12.6. The van der Waals surface area contributed by atoms with Crippen molar-refractivity contribution in [3.8, 4) is 5.69 Å². The van der Waals surface area contributed by atoms with E-state index >= 15 is 0 Å². The molecule has 0 saturated heterocycles. The monoisotopic (exact) mass is 432 g/mol. The molecule has 2 heterocycles. The minimum Gasteiger partial charge on any atom is -0.343 e. The Bertz CT molecular complexity index is 1000. The minimum atomic E-state index is -0.325. The van der Waals surface area contributed by atoms with Gasteiger partial charge < -0.3 is 9.84 Å². The number of benzene rings is 1. The first-order valence-electron chi connectivity index (χ1n) is 9.43. The van der Waals surface area contributed by atoms with E-state index in [0.29, 0.717) is 22.0 Å². The Labute approximate surface area is 177 Å². The highest BCUT2D eigenvalue weighted by Crippen LogP contribution is 2.38. The van der Waals surface area contributed by atoms with E-state index in [0.717, 1.165) is 24.4 Å². The second-order valence-electron chi connectivity index (χ2n) is 7.31. The highest BCUT2D eigenvalue weighted by molar-refractivity contribution is 7.99. The Hall–Kier alpha value is -2.39. The van der Waals surface area contributed by atoms with Crippen molar-refractivity contribution in [3.63, 3.8) is 0 Å².